The second kappa shape index (κ2) is 4.08. The van der Waals surface area contributed by atoms with Gasteiger partial charge < -0.3 is 0 Å². The van der Waals surface area contributed by atoms with Crippen LogP contribution in [0.15, 0.2) is 30.3 Å². The molecule has 0 radical (unpaired) electrons. The summed E-state index contributed by atoms with van der Waals surface area (Å²) in [5.74, 6) is 0. The van der Waals surface area contributed by atoms with Crippen molar-refractivity contribution in [2.24, 2.45) is 0 Å². The molecule has 0 aromatic heterocycles. The molecule has 0 spiro atoms. The van der Waals surface area contributed by atoms with Gasteiger partial charge in [-0.15, -0.1) is 0 Å². The second-order valence-corrected chi connectivity index (χ2v) is 8.01. The zero-order valence-electron chi connectivity index (χ0n) is 9.29. The Bertz CT molecular complexity index is 350. The molecule has 0 saturated heterocycles. The Morgan fingerprint density at radius 2 is 1.44 bits per heavy atom. The maximum absolute atomic E-state index is 10.3. The third kappa shape index (κ3) is 2.14. The molecule has 1 aromatic carbocycles. The van der Waals surface area contributed by atoms with Crippen LogP contribution in [0.3, 0.4) is 0 Å². The van der Waals surface area contributed by atoms with Gasteiger partial charge in [-0.1, -0.05) is 0 Å². The van der Waals surface area contributed by atoms with Gasteiger partial charge >= 0.3 is 95.4 Å². The van der Waals surface area contributed by atoms with E-state index in [2.05, 4.69) is 0 Å². The fourth-order valence-electron chi connectivity index (χ4n) is 2.48. The van der Waals surface area contributed by atoms with Crippen LogP contribution in [0.1, 0.15) is 32.1 Å². The van der Waals surface area contributed by atoms with Crippen LogP contribution < -0.4 is 5.30 Å². The Hall–Kier alpha value is -0.470. The van der Waals surface area contributed by atoms with Crippen molar-refractivity contribution in [3.63, 3.8) is 0 Å². The minimum atomic E-state index is -4.66. The van der Waals surface area contributed by atoms with Crippen LogP contribution in [0.4, 0.5) is 0 Å². The second-order valence-electron chi connectivity index (χ2n) is 4.67. The van der Waals surface area contributed by atoms with Crippen molar-refractivity contribution in [2.75, 3.05) is 0 Å². The van der Waals surface area contributed by atoms with Crippen LogP contribution in [0.2, 0.25) is 0 Å². The molecular weight excluding hydrogens is 223 g/mol. The Morgan fingerprint density at radius 3 is 2.00 bits per heavy atom. The Balaban J connectivity index is 2.33. The van der Waals surface area contributed by atoms with E-state index in [0.29, 0.717) is 18.1 Å². The molecule has 1 fully saturated rings. The van der Waals surface area contributed by atoms with Crippen molar-refractivity contribution in [2.45, 2.75) is 37.8 Å². The molecule has 1 aromatic rings. The Labute approximate surface area is 95.9 Å². The maximum atomic E-state index is 10.3. The van der Waals surface area contributed by atoms with E-state index in [1.807, 2.05) is 0 Å². The molecule has 0 heterocycles. The van der Waals surface area contributed by atoms with E-state index in [9.17, 15) is 14.7 Å². The van der Waals surface area contributed by atoms with Crippen molar-refractivity contribution in [1.82, 2.24) is 0 Å². The van der Waals surface area contributed by atoms with Gasteiger partial charge in [0.2, 0.25) is 0 Å². The molecule has 0 amide bonds. The fraction of sp³-hybridized carbons (Fsp3) is 0.500. The van der Waals surface area contributed by atoms with E-state index in [1.54, 1.807) is 30.3 Å². The predicted molar refractivity (Wildman–Crippen MR) is 66.5 cm³/mol. The third-order valence-electron chi connectivity index (χ3n) is 3.50. The summed E-state index contributed by atoms with van der Waals surface area (Å²) < 4.78 is 0. The van der Waals surface area contributed by atoms with Crippen LogP contribution in [-0.4, -0.2) is 20.3 Å². The van der Waals surface area contributed by atoms with Gasteiger partial charge in [-0.3, -0.25) is 0 Å². The van der Waals surface area contributed by atoms with E-state index in [-0.39, 0.29) is 5.66 Å². The van der Waals surface area contributed by atoms with Gasteiger partial charge in [-0.05, 0) is 0 Å². The first-order valence-corrected chi connectivity index (χ1v) is 7.97. The summed E-state index contributed by atoms with van der Waals surface area (Å²) in [7, 11) is -4.66. The van der Waals surface area contributed by atoms with Crippen LogP contribution in [0.25, 0.3) is 0 Å². The third-order valence-corrected chi connectivity index (χ3v) is 6.65. The van der Waals surface area contributed by atoms with Crippen molar-refractivity contribution in [3.8, 4) is 0 Å². The van der Waals surface area contributed by atoms with Gasteiger partial charge in [-0.2, -0.15) is 0 Å². The SMILES string of the molecule is OP(O)(O)(c1ccccc1)C1CCCCC1. The Kier molecular flexibility index (Phi) is 3.06. The summed E-state index contributed by atoms with van der Waals surface area (Å²) in [5.41, 5.74) is -0.373. The summed E-state index contributed by atoms with van der Waals surface area (Å²) in [6, 6.07) is 8.46. The first kappa shape index (κ1) is 12.0. The fourth-order valence-corrected chi connectivity index (χ4v) is 4.96. The van der Waals surface area contributed by atoms with Crippen molar-refractivity contribution >= 4 is 12.6 Å². The van der Waals surface area contributed by atoms with Crippen LogP contribution in [0.5, 0.6) is 0 Å². The van der Waals surface area contributed by atoms with E-state index < -0.39 is 7.28 Å². The van der Waals surface area contributed by atoms with Crippen molar-refractivity contribution < 1.29 is 14.7 Å². The number of rotatable bonds is 2. The molecule has 1 aliphatic rings. The zero-order chi connectivity index (χ0) is 11.7. The molecule has 3 nitrogen and oxygen atoms in total. The van der Waals surface area contributed by atoms with Crippen LogP contribution in [-0.2, 0) is 0 Å². The van der Waals surface area contributed by atoms with Crippen molar-refractivity contribution in [3.05, 3.63) is 30.3 Å². The first-order chi connectivity index (χ1) is 7.49. The first-order valence-electron chi connectivity index (χ1n) is 5.81. The molecular formula is C12H19O3P. The summed E-state index contributed by atoms with van der Waals surface area (Å²) in [4.78, 5) is 31.0. The van der Waals surface area contributed by atoms with Gasteiger partial charge in [-0.25, -0.2) is 0 Å². The minimum absolute atomic E-state index is 0.292. The summed E-state index contributed by atoms with van der Waals surface area (Å²) >= 11 is 0. The average Bonchev–Trinajstić information content (AvgIpc) is 2.31. The number of hydrogen-bond donors (Lipinski definition) is 3. The van der Waals surface area contributed by atoms with Crippen LogP contribution >= 0.6 is 7.28 Å². The summed E-state index contributed by atoms with van der Waals surface area (Å²) in [6.45, 7) is 0. The predicted octanol–water partition coefficient (Wildman–Crippen LogP) is 1.92. The van der Waals surface area contributed by atoms with E-state index in [0.717, 1.165) is 19.3 Å². The molecule has 3 N–H and O–H groups in total. The van der Waals surface area contributed by atoms with Gasteiger partial charge in [0.15, 0.2) is 0 Å². The standard InChI is InChI=1S/C12H19O3P/c13-16(14,15,11-7-3-1-4-8-11)12-9-5-2-6-10-12/h1,3-4,7-8,12-15H,2,5-6,9-10H2. The number of hydrogen-bond acceptors (Lipinski definition) is 3. The molecule has 0 atom stereocenters. The number of benzene rings is 1. The molecule has 1 saturated carbocycles. The van der Waals surface area contributed by atoms with E-state index in [1.165, 1.54) is 0 Å². The normalized spacial score (nSPS) is 21.3. The summed E-state index contributed by atoms with van der Waals surface area (Å²) in [6.07, 6.45) is 4.47. The molecule has 0 bridgehead atoms. The van der Waals surface area contributed by atoms with Gasteiger partial charge in [0.1, 0.15) is 0 Å². The molecule has 16 heavy (non-hydrogen) atoms. The molecule has 2 rings (SSSR count). The quantitative estimate of drug-likeness (QED) is 0.694. The summed E-state index contributed by atoms with van der Waals surface area (Å²) in [5, 5.41) is 0.292. The average molecular weight is 242 g/mol. The molecule has 4 heteroatoms. The molecule has 1 aliphatic carbocycles. The monoisotopic (exact) mass is 242 g/mol. The molecule has 90 valence electrons. The van der Waals surface area contributed by atoms with Gasteiger partial charge in [0.05, 0.1) is 0 Å². The van der Waals surface area contributed by atoms with Gasteiger partial charge in [0.25, 0.3) is 0 Å². The molecule has 0 unspecified atom stereocenters. The van der Waals surface area contributed by atoms with E-state index >= 15 is 0 Å². The Morgan fingerprint density at radius 1 is 0.875 bits per heavy atom. The topological polar surface area (TPSA) is 60.7 Å². The van der Waals surface area contributed by atoms with E-state index in [4.69, 9.17) is 0 Å². The van der Waals surface area contributed by atoms with Gasteiger partial charge in [0, 0.05) is 0 Å². The van der Waals surface area contributed by atoms with Crippen LogP contribution in [0, 0.1) is 0 Å². The van der Waals surface area contributed by atoms with Crippen molar-refractivity contribution in [1.29, 1.82) is 0 Å². The molecule has 0 aliphatic heterocycles. The zero-order valence-corrected chi connectivity index (χ0v) is 10.2.